The molecule has 0 saturated heterocycles. The molecular weight excluding hydrogens is 168 g/mol. The molecule has 2 aliphatic rings. The van der Waals surface area contributed by atoms with Crippen molar-refractivity contribution in [3.63, 3.8) is 0 Å². The molecule has 0 aromatic rings. The van der Waals surface area contributed by atoms with Crippen LogP contribution in [0.2, 0.25) is 0 Å². The second-order valence-corrected chi connectivity index (χ2v) is 3.53. The summed E-state index contributed by atoms with van der Waals surface area (Å²) in [6.07, 6.45) is 3.81. The molecule has 2 aliphatic carbocycles. The van der Waals surface area contributed by atoms with E-state index in [0.29, 0.717) is 16.7 Å². The number of halogens is 1. The van der Waals surface area contributed by atoms with Gasteiger partial charge in [0.05, 0.1) is 6.10 Å². The zero-order valence-corrected chi connectivity index (χ0v) is 5.88. The van der Waals surface area contributed by atoms with Crippen LogP contribution in [0.5, 0.6) is 0 Å². The first-order chi connectivity index (χ1) is 3.80. The molecule has 2 rings (SSSR count). The van der Waals surface area contributed by atoms with Crippen LogP contribution >= 0.6 is 15.9 Å². The minimum absolute atomic E-state index is 0.163. The maximum absolute atomic E-state index is 9.09. The third-order valence-corrected chi connectivity index (χ3v) is 3.18. The fourth-order valence-corrected chi connectivity index (χ4v) is 2.36. The standard InChI is InChI=1S/C6H7BrO/c7-6-3-1-2-4(8)5(3)6/h1-6,8H/t3-,4-,5-,6+/m1/s1. The van der Waals surface area contributed by atoms with E-state index in [1.54, 1.807) is 0 Å². The van der Waals surface area contributed by atoms with Crippen molar-refractivity contribution in [2.45, 2.75) is 10.9 Å². The topological polar surface area (TPSA) is 20.2 Å². The molecule has 0 heterocycles. The molecule has 2 heteroatoms. The van der Waals surface area contributed by atoms with Crippen molar-refractivity contribution in [2.24, 2.45) is 11.8 Å². The molecule has 1 nitrogen and oxygen atoms in total. The number of aliphatic hydroxyl groups is 1. The van der Waals surface area contributed by atoms with Gasteiger partial charge in [0.1, 0.15) is 0 Å². The summed E-state index contributed by atoms with van der Waals surface area (Å²) in [4.78, 5) is 0.572. The van der Waals surface area contributed by atoms with Gasteiger partial charge in [-0.2, -0.15) is 0 Å². The highest BCUT2D eigenvalue weighted by Gasteiger charge is 2.53. The Morgan fingerprint density at radius 3 is 2.38 bits per heavy atom. The molecular formula is C6H7BrO. The minimum atomic E-state index is -0.163. The molecule has 0 aliphatic heterocycles. The lowest BCUT2D eigenvalue weighted by molar-refractivity contribution is 0.204. The molecule has 0 unspecified atom stereocenters. The van der Waals surface area contributed by atoms with E-state index in [9.17, 15) is 0 Å². The SMILES string of the molecule is O[C@@H]1C=C[C@H]2[C@H](Br)[C@H]21. The summed E-state index contributed by atoms with van der Waals surface area (Å²) >= 11 is 3.45. The first-order valence-electron chi connectivity index (χ1n) is 2.81. The van der Waals surface area contributed by atoms with Crippen molar-refractivity contribution in [1.82, 2.24) is 0 Å². The lowest BCUT2D eigenvalue weighted by Crippen LogP contribution is -2.03. The van der Waals surface area contributed by atoms with Gasteiger partial charge in [0.2, 0.25) is 0 Å². The summed E-state index contributed by atoms with van der Waals surface area (Å²) in [5.41, 5.74) is 0. The first kappa shape index (κ1) is 5.00. The van der Waals surface area contributed by atoms with Crippen LogP contribution in [-0.2, 0) is 0 Å². The van der Waals surface area contributed by atoms with Crippen LogP contribution in [-0.4, -0.2) is 16.0 Å². The van der Waals surface area contributed by atoms with E-state index in [1.807, 2.05) is 6.08 Å². The smallest absolute Gasteiger partial charge is 0.0766 e. The molecule has 0 bridgehead atoms. The minimum Gasteiger partial charge on any atom is -0.389 e. The maximum atomic E-state index is 9.09. The Morgan fingerprint density at radius 2 is 2.12 bits per heavy atom. The summed E-state index contributed by atoms with van der Waals surface area (Å²) in [5, 5.41) is 9.09. The summed E-state index contributed by atoms with van der Waals surface area (Å²) in [6.45, 7) is 0. The Balaban J connectivity index is 2.18. The lowest BCUT2D eigenvalue weighted by atomic mass is 10.3. The quantitative estimate of drug-likeness (QED) is 0.428. The molecule has 0 radical (unpaired) electrons. The van der Waals surface area contributed by atoms with Gasteiger partial charge < -0.3 is 5.11 Å². The van der Waals surface area contributed by atoms with Gasteiger partial charge in [-0.15, -0.1) is 0 Å². The molecule has 4 atom stereocenters. The van der Waals surface area contributed by atoms with Gasteiger partial charge in [0.15, 0.2) is 0 Å². The normalized spacial score (nSPS) is 58.8. The summed E-state index contributed by atoms with van der Waals surface area (Å²) in [5.74, 6) is 1.15. The van der Waals surface area contributed by atoms with E-state index < -0.39 is 0 Å². The first-order valence-corrected chi connectivity index (χ1v) is 3.73. The van der Waals surface area contributed by atoms with Crippen LogP contribution in [0.15, 0.2) is 12.2 Å². The summed E-state index contributed by atoms with van der Waals surface area (Å²) in [7, 11) is 0. The van der Waals surface area contributed by atoms with Gasteiger partial charge in [-0.1, -0.05) is 28.1 Å². The lowest BCUT2D eigenvalue weighted by Gasteiger charge is -1.96. The Hall–Kier alpha value is 0.180. The zero-order chi connectivity index (χ0) is 5.72. The molecule has 0 aromatic heterocycles. The fourth-order valence-electron chi connectivity index (χ4n) is 1.34. The van der Waals surface area contributed by atoms with Gasteiger partial charge in [0.25, 0.3) is 0 Å². The van der Waals surface area contributed by atoms with Crippen molar-refractivity contribution >= 4 is 15.9 Å². The average molecular weight is 175 g/mol. The number of aliphatic hydroxyl groups excluding tert-OH is 1. The van der Waals surface area contributed by atoms with Crippen LogP contribution in [0.3, 0.4) is 0 Å². The number of fused-ring (bicyclic) bond motifs is 1. The van der Waals surface area contributed by atoms with Gasteiger partial charge in [-0.05, 0) is 5.92 Å². The van der Waals surface area contributed by atoms with E-state index in [2.05, 4.69) is 22.0 Å². The Morgan fingerprint density at radius 1 is 1.38 bits per heavy atom. The van der Waals surface area contributed by atoms with Gasteiger partial charge in [-0.25, -0.2) is 0 Å². The van der Waals surface area contributed by atoms with Crippen LogP contribution in [0, 0.1) is 11.8 Å². The van der Waals surface area contributed by atoms with Gasteiger partial charge >= 0.3 is 0 Å². The van der Waals surface area contributed by atoms with Crippen molar-refractivity contribution in [1.29, 1.82) is 0 Å². The van der Waals surface area contributed by atoms with Crippen LogP contribution in [0.25, 0.3) is 0 Å². The van der Waals surface area contributed by atoms with E-state index in [0.717, 1.165) is 0 Å². The Kier molecular flexibility index (Phi) is 0.853. The van der Waals surface area contributed by atoms with E-state index in [-0.39, 0.29) is 6.10 Å². The van der Waals surface area contributed by atoms with Crippen molar-refractivity contribution in [3.05, 3.63) is 12.2 Å². The van der Waals surface area contributed by atoms with E-state index in [4.69, 9.17) is 5.11 Å². The van der Waals surface area contributed by atoms with Gasteiger partial charge in [0, 0.05) is 10.7 Å². The Bertz CT molecular complexity index is 141. The number of allylic oxidation sites excluding steroid dienone is 1. The molecule has 8 heavy (non-hydrogen) atoms. The maximum Gasteiger partial charge on any atom is 0.0766 e. The molecule has 1 saturated carbocycles. The molecule has 0 spiro atoms. The second kappa shape index (κ2) is 1.36. The zero-order valence-electron chi connectivity index (χ0n) is 4.29. The number of hydrogen-bond donors (Lipinski definition) is 1. The van der Waals surface area contributed by atoms with Gasteiger partial charge in [-0.3, -0.25) is 0 Å². The largest absolute Gasteiger partial charge is 0.389 e. The predicted octanol–water partition coefficient (Wildman–Crippen LogP) is 0.927. The highest BCUT2D eigenvalue weighted by Crippen LogP contribution is 2.52. The molecule has 0 aromatic carbocycles. The molecule has 0 amide bonds. The van der Waals surface area contributed by atoms with Crippen molar-refractivity contribution in [3.8, 4) is 0 Å². The Labute approximate surface area is 56.5 Å². The highest BCUT2D eigenvalue weighted by atomic mass is 79.9. The molecule has 1 fully saturated rings. The average Bonchev–Trinajstić information content (AvgIpc) is 2.13. The third kappa shape index (κ3) is 0.451. The molecule has 44 valence electrons. The fraction of sp³-hybridized carbons (Fsp3) is 0.667. The second-order valence-electron chi connectivity index (χ2n) is 2.47. The summed E-state index contributed by atoms with van der Waals surface area (Å²) < 4.78 is 0. The molecule has 1 N–H and O–H groups in total. The van der Waals surface area contributed by atoms with Crippen LogP contribution < -0.4 is 0 Å². The summed E-state index contributed by atoms with van der Waals surface area (Å²) in [6, 6.07) is 0. The number of alkyl halides is 1. The van der Waals surface area contributed by atoms with Crippen LogP contribution in [0.4, 0.5) is 0 Å². The number of hydrogen-bond acceptors (Lipinski definition) is 1. The predicted molar refractivity (Wildman–Crippen MR) is 34.8 cm³/mol. The third-order valence-electron chi connectivity index (χ3n) is 1.96. The number of rotatable bonds is 0. The highest BCUT2D eigenvalue weighted by molar-refractivity contribution is 9.09. The monoisotopic (exact) mass is 174 g/mol. The van der Waals surface area contributed by atoms with E-state index >= 15 is 0 Å². The van der Waals surface area contributed by atoms with Crippen molar-refractivity contribution < 1.29 is 5.11 Å². The van der Waals surface area contributed by atoms with E-state index in [1.165, 1.54) is 0 Å². The van der Waals surface area contributed by atoms with Crippen molar-refractivity contribution in [2.75, 3.05) is 0 Å². The van der Waals surface area contributed by atoms with Crippen LogP contribution in [0.1, 0.15) is 0 Å².